The Labute approximate surface area is 112 Å². The molecule has 18 heavy (non-hydrogen) atoms. The zero-order valence-corrected chi connectivity index (χ0v) is 12.4. The number of rotatable bonds is 3. The molecule has 0 aromatic carbocycles. The van der Waals surface area contributed by atoms with Gasteiger partial charge in [-0.3, -0.25) is 4.90 Å². The molecule has 0 saturated carbocycles. The molecule has 0 aromatic rings. The monoisotopic (exact) mass is 251 g/mol. The van der Waals surface area contributed by atoms with Gasteiger partial charge in [-0.1, -0.05) is 13.0 Å². The first kappa shape index (κ1) is 13.9. The fourth-order valence-electron chi connectivity index (χ4n) is 3.32. The van der Waals surface area contributed by atoms with E-state index in [2.05, 4.69) is 41.7 Å². The van der Waals surface area contributed by atoms with Crippen molar-refractivity contribution in [2.45, 2.75) is 39.2 Å². The van der Waals surface area contributed by atoms with Gasteiger partial charge in [-0.15, -0.1) is 0 Å². The van der Waals surface area contributed by atoms with Crippen LogP contribution in [0.5, 0.6) is 0 Å². The van der Waals surface area contributed by atoms with E-state index in [9.17, 15) is 0 Å². The normalized spacial score (nSPS) is 25.7. The van der Waals surface area contributed by atoms with Crippen LogP contribution in [0.4, 0.5) is 0 Å². The Bertz CT molecular complexity index is 271. The zero-order valence-electron chi connectivity index (χ0n) is 12.4. The van der Waals surface area contributed by atoms with Crippen molar-refractivity contribution in [1.82, 2.24) is 14.7 Å². The summed E-state index contributed by atoms with van der Waals surface area (Å²) in [7, 11) is 2.24. The van der Waals surface area contributed by atoms with Crippen LogP contribution in [-0.2, 0) is 0 Å². The molecule has 2 fully saturated rings. The Balaban J connectivity index is 1.80. The van der Waals surface area contributed by atoms with Gasteiger partial charge < -0.3 is 9.80 Å². The molecule has 2 saturated heterocycles. The highest BCUT2D eigenvalue weighted by Gasteiger charge is 2.26. The Morgan fingerprint density at radius 2 is 1.67 bits per heavy atom. The van der Waals surface area contributed by atoms with E-state index in [1.165, 1.54) is 64.2 Å². The van der Waals surface area contributed by atoms with Crippen molar-refractivity contribution in [3.8, 4) is 0 Å². The smallest absolute Gasteiger partial charge is 0.0189 e. The summed E-state index contributed by atoms with van der Waals surface area (Å²) in [6, 6.07) is 0.838. The molecule has 2 aliphatic heterocycles. The molecule has 2 heterocycles. The number of hydrogen-bond acceptors (Lipinski definition) is 3. The molecule has 2 aliphatic rings. The first-order valence-corrected chi connectivity index (χ1v) is 7.57. The number of hydrogen-bond donors (Lipinski definition) is 0. The molecule has 0 radical (unpaired) electrons. The summed E-state index contributed by atoms with van der Waals surface area (Å²) in [6.07, 6.45) is 6.16. The zero-order chi connectivity index (χ0) is 13.0. The second-order valence-electron chi connectivity index (χ2n) is 5.69. The maximum atomic E-state index is 2.72. The Kier molecular flexibility index (Phi) is 5.07. The molecular weight excluding hydrogens is 222 g/mol. The summed E-state index contributed by atoms with van der Waals surface area (Å²) >= 11 is 0. The average molecular weight is 251 g/mol. The third kappa shape index (κ3) is 3.27. The Morgan fingerprint density at radius 1 is 1.06 bits per heavy atom. The Morgan fingerprint density at radius 3 is 2.17 bits per heavy atom. The number of nitrogens with zero attached hydrogens (tertiary/aromatic N) is 3. The van der Waals surface area contributed by atoms with E-state index in [1.54, 1.807) is 0 Å². The van der Waals surface area contributed by atoms with Crippen LogP contribution in [-0.4, -0.2) is 67.1 Å². The highest BCUT2D eigenvalue weighted by atomic mass is 15.3. The summed E-state index contributed by atoms with van der Waals surface area (Å²) in [5.74, 6) is 0. The highest BCUT2D eigenvalue weighted by Crippen LogP contribution is 2.21. The van der Waals surface area contributed by atoms with Gasteiger partial charge in [0, 0.05) is 51.0 Å². The molecule has 0 N–H and O–H groups in total. The topological polar surface area (TPSA) is 9.72 Å². The standard InChI is InChI=1S/C15H29N3/c1-4-14(5-2)17-8-6-15(7-9-17)18-12-10-16(3)11-13-18/h4,15H,5-13H2,1-3H3/b14-4+. The van der Waals surface area contributed by atoms with E-state index in [0.717, 1.165) is 6.04 Å². The molecule has 0 atom stereocenters. The predicted octanol–water partition coefficient (Wildman–Crippen LogP) is 2.01. The van der Waals surface area contributed by atoms with Crippen molar-refractivity contribution in [3.63, 3.8) is 0 Å². The van der Waals surface area contributed by atoms with Crippen molar-refractivity contribution in [2.75, 3.05) is 46.3 Å². The van der Waals surface area contributed by atoms with Gasteiger partial charge in [0.2, 0.25) is 0 Å². The van der Waals surface area contributed by atoms with Crippen molar-refractivity contribution in [1.29, 1.82) is 0 Å². The predicted molar refractivity (Wildman–Crippen MR) is 77.7 cm³/mol. The molecule has 3 heteroatoms. The maximum Gasteiger partial charge on any atom is 0.0189 e. The third-order valence-electron chi connectivity index (χ3n) is 4.62. The lowest BCUT2D eigenvalue weighted by Gasteiger charge is -2.43. The van der Waals surface area contributed by atoms with Crippen molar-refractivity contribution in [2.24, 2.45) is 0 Å². The molecule has 0 bridgehead atoms. The van der Waals surface area contributed by atoms with E-state index in [-0.39, 0.29) is 0 Å². The van der Waals surface area contributed by atoms with Crippen LogP contribution >= 0.6 is 0 Å². The van der Waals surface area contributed by atoms with Crippen LogP contribution in [0.25, 0.3) is 0 Å². The van der Waals surface area contributed by atoms with E-state index in [1.807, 2.05) is 0 Å². The van der Waals surface area contributed by atoms with Gasteiger partial charge in [-0.25, -0.2) is 0 Å². The van der Waals surface area contributed by atoms with Gasteiger partial charge in [0.1, 0.15) is 0 Å². The summed E-state index contributed by atoms with van der Waals surface area (Å²) in [5.41, 5.74) is 1.53. The number of allylic oxidation sites excluding steroid dienone is 2. The Hall–Kier alpha value is -0.540. The van der Waals surface area contributed by atoms with Crippen LogP contribution in [0.3, 0.4) is 0 Å². The quantitative estimate of drug-likeness (QED) is 0.760. The molecule has 104 valence electrons. The van der Waals surface area contributed by atoms with E-state index < -0.39 is 0 Å². The fraction of sp³-hybridized carbons (Fsp3) is 0.867. The minimum absolute atomic E-state index is 0.838. The summed E-state index contributed by atoms with van der Waals surface area (Å²) in [4.78, 5) is 7.76. The van der Waals surface area contributed by atoms with Crippen LogP contribution in [0.15, 0.2) is 11.8 Å². The molecule has 0 aromatic heterocycles. The lowest BCUT2D eigenvalue weighted by Crippen LogP contribution is -2.52. The van der Waals surface area contributed by atoms with Crippen LogP contribution in [0.2, 0.25) is 0 Å². The molecule has 0 unspecified atom stereocenters. The van der Waals surface area contributed by atoms with Crippen molar-refractivity contribution < 1.29 is 0 Å². The average Bonchev–Trinajstić information content (AvgIpc) is 2.42. The molecular formula is C15H29N3. The van der Waals surface area contributed by atoms with Crippen LogP contribution in [0, 0.1) is 0 Å². The summed E-state index contributed by atoms with van der Waals surface area (Å²) < 4.78 is 0. The lowest BCUT2D eigenvalue weighted by atomic mass is 10.0. The minimum atomic E-state index is 0.838. The van der Waals surface area contributed by atoms with Crippen molar-refractivity contribution >= 4 is 0 Å². The van der Waals surface area contributed by atoms with Crippen LogP contribution < -0.4 is 0 Å². The van der Waals surface area contributed by atoms with Gasteiger partial charge in [0.15, 0.2) is 0 Å². The molecule has 0 amide bonds. The van der Waals surface area contributed by atoms with Crippen LogP contribution in [0.1, 0.15) is 33.1 Å². The maximum absolute atomic E-state index is 2.72. The second-order valence-corrected chi connectivity index (χ2v) is 5.69. The summed E-state index contributed by atoms with van der Waals surface area (Å²) in [6.45, 7) is 12.0. The van der Waals surface area contributed by atoms with Gasteiger partial charge >= 0.3 is 0 Å². The third-order valence-corrected chi connectivity index (χ3v) is 4.62. The molecule has 3 nitrogen and oxygen atoms in total. The van der Waals surface area contributed by atoms with E-state index >= 15 is 0 Å². The molecule has 2 rings (SSSR count). The fourth-order valence-corrected chi connectivity index (χ4v) is 3.32. The second kappa shape index (κ2) is 6.58. The van der Waals surface area contributed by atoms with Gasteiger partial charge in [0.25, 0.3) is 0 Å². The number of piperazine rings is 1. The van der Waals surface area contributed by atoms with Crippen molar-refractivity contribution in [3.05, 3.63) is 11.8 Å². The lowest BCUT2D eigenvalue weighted by molar-refractivity contribution is 0.0751. The SMILES string of the molecule is C/C=C(\CC)N1CCC(N2CCN(C)CC2)CC1. The van der Waals surface area contributed by atoms with Gasteiger partial charge in [-0.2, -0.15) is 0 Å². The van der Waals surface area contributed by atoms with Gasteiger partial charge in [-0.05, 0) is 33.2 Å². The number of likely N-dealkylation sites (N-methyl/N-ethyl adjacent to an activating group) is 1. The van der Waals surface area contributed by atoms with E-state index in [4.69, 9.17) is 0 Å². The minimum Gasteiger partial charge on any atom is -0.375 e. The first-order chi connectivity index (χ1) is 8.74. The van der Waals surface area contributed by atoms with Gasteiger partial charge in [0.05, 0.1) is 0 Å². The molecule has 0 aliphatic carbocycles. The molecule has 0 spiro atoms. The first-order valence-electron chi connectivity index (χ1n) is 7.57. The summed E-state index contributed by atoms with van der Waals surface area (Å²) in [5, 5.41) is 0. The number of piperidine rings is 1. The highest BCUT2D eigenvalue weighted by molar-refractivity contribution is 5.01. The number of likely N-dealkylation sites (tertiary alicyclic amines) is 1. The van der Waals surface area contributed by atoms with E-state index in [0.29, 0.717) is 0 Å². The largest absolute Gasteiger partial charge is 0.375 e.